The largest absolute Gasteiger partial charge is 0.278 e. The molecule has 0 radical (unpaired) electrons. The molecule has 2 aromatic carbocycles. The molecular weight excluding hydrogens is 316 g/mol. The molecule has 1 N–H and O–H groups in total. The van der Waals surface area contributed by atoms with Crippen LogP contribution in [0.25, 0.3) is 0 Å². The van der Waals surface area contributed by atoms with Gasteiger partial charge in [0.25, 0.3) is 0 Å². The van der Waals surface area contributed by atoms with E-state index in [-0.39, 0.29) is 5.41 Å². The number of hydrazone groups is 1. The second kappa shape index (κ2) is 7.74. The molecule has 0 bridgehead atoms. The van der Waals surface area contributed by atoms with Crippen molar-refractivity contribution in [3.8, 4) is 0 Å². The van der Waals surface area contributed by atoms with Crippen LogP contribution in [0.1, 0.15) is 44.7 Å². The molecule has 134 valence electrons. The summed E-state index contributed by atoms with van der Waals surface area (Å²) < 4.78 is 0. The molecule has 0 heterocycles. The molecule has 0 unspecified atom stereocenters. The van der Waals surface area contributed by atoms with Crippen LogP contribution in [0.2, 0.25) is 0 Å². The van der Waals surface area contributed by atoms with Gasteiger partial charge in [0.15, 0.2) is 0 Å². The van der Waals surface area contributed by atoms with Crippen molar-refractivity contribution in [2.75, 3.05) is 5.43 Å². The molecule has 0 fully saturated rings. The summed E-state index contributed by atoms with van der Waals surface area (Å²) in [6.45, 7) is 8.94. The summed E-state index contributed by atoms with van der Waals surface area (Å²) in [5.41, 5.74) is 10.8. The molecule has 0 saturated heterocycles. The van der Waals surface area contributed by atoms with E-state index in [0.717, 1.165) is 24.2 Å². The standard InChI is InChI=1S/C24H28N2/c1-18-11-8-9-16-22(18)25-26-23(19-12-6-5-7-13-19)17-20-14-10-15-21(20)24(2,3)4/h5-13,15-16,25H,14,17H2,1-4H3. The molecule has 0 aliphatic heterocycles. The number of nitrogens with zero attached hydrogens (tertiary/aromatic N) is 1. The van der Waals surface area contributed by atoms with E-state index < -0.39 is 0 Å². The third-order valence-corrected chi connectivity index (χ3v) is 4.78. The molecule has 1 aliphatic rings. The van der Waals surface area contributed by atoms with E-state index in [4.69, 9.17) is 5.10 Å². The monoisotopic (exact) mass is 344 g/mol. The first-order chi connectivity index (χ1) is 12.4. The Morgan fingerprint density at radius 1 is 1.00 bits per heavy atom. The minimum atomic E-state index is 0.160. The topological polar surface area (TPSA) is 24.4 Å². The van der Waals surface area contributed by atoms with Gasteiger partial charge in [-0.25, -0.2) is 0 Å². The Bertz CT molecular complexity index is 849. The van der Waals surface area contributed by atoms with E-state index in [1.54, 1.807) is 0 Å². The quantitative estimate of drug-likeness (QED) is 0.485. The highest BCUT2D eigenvalue weighted by Crippen LogP contribution is 2.36. The lowest BCUT2D eigenvalue weighted by Crippen LogP contribution is -2.12. The van der Waals surface area contributed by atoms with E-state index >= 15 is 0 Å². The second-order valence-electron chi connectivity index (χ2n) is 7.90. The summed E-state index contributed by atoms with van der Waals surface area (Å²) in [7, 11) is 0. The summed E-state index contributed by atoms with van der Waals surface area (Å²) in [5.74, 6) is 0. The van der Waals surface area contributed by atoms with Crippen molar-refractivity contribution in [2.24, 2.45) is 10.5 Å². The van der Waals surface area contributed by atoms with Crippen LogP contribution in [-0.4, -0.2) is 5.71 Å². The number of benzene rings is 2. The van der Waals surface area contributed by atoms with Crippen molar-refractivity contribution in [2.45, 2.75) is 40.5 Å². The number of rotatable bonds is 5. The van der Waals surface area contributed by atoms with Gasteiger partial charge in [-0.3, -0.25) is 5.43 Å². The van der Waals surface area contributed by atoms with Crippen LogP contribution < -0.4 is 5.43 Å². The van der Waals surface area contributed by atoms with Gasteiger partial charge in [-0.05, 0) is 41.5 Å². The minimum Gasteiger partial charge on any atom is -0.278 e. The summed E-state index contributed by atoms with van der Waals surface area (Å²) in [6.07, 6.45) is 6.44. The average Bonchev–Trinajstić information content (AvgIpc) is 3.09. The number of aryl methyl sites for hydroxylation is 1. The van der Waals surface area contributed by atoms with Crippen molar-refractivity contribution in [3.63, 3.8) is 0 Å². The zero-order chi connectivity index (χ0) is 18.6. The Morgan fingerprint density at radius 2 is 1.69 bits per heavy atom. The number of nitrogens with one attached hydrogen (secondary N) is 1. The first-order valence-electron chi connectivity index (χ1n) is 9.28. The predicted molar refractivity (Wildman–Crippen MR) is 113 cm³/mol. The van der Waals surface area contributed by atoms with Gasteiger partial charge in [-0.15, -0.1) is 0 Å². The Labute approximate surface area is 157 Å². The lowest BCUT2D eigenvalue weighted by Gasteiger charge is -2.22. The molecule has 2 heteroatoms. The maximum Gasteiger partial charge on any atom is 0.0720 e. The third kappa shape index (κ3) is 4.32. The molecule has 2 nitrogen and oxygen atoms in total. The van der Waals surface area contributed by atoms with Gasteiger partial charge >= 0.3 is 0 Å². The second-order valence-corrected chi connectivity index (χ2v) is 7.90. The van der Waals surface area contributed by atoms with E-state index in [1.165, 1.54) is 22.3 Å². The molecule has 0 amide bonds. The van der Waals surface area contributed by atoms with Gasteiger partial charge in [0, 0.05) is 6.42 Å². The molecule has 0 saturated carbocycles. The number of anilines is 1. The number of para-hydroxylation sites is 1. The fraction of sp³-hybridized carbons (Fsp3) is 0.292. The van der Waals surface area contributed by atoms with Crippen molar-refractivity contribution in [3.05, 3.63) is 89.0 Å². The fourth-order valence-corrected chi connectivity index (χ4v) is 3.36. The molecule has 0 aromatic heterocycles. The Morgan fingerprint density at radius 3 is 2.38 bits per heavy atom. The highest BCUT2D eigenvalue weighted by atomic mass is 15.3. The molecule has 2 aromatic rings. The van der Waals surface area contributed by atoms with Crippen LogP contribution in [0.4, 0.5) is 5.69 Å². The summed E-state index contributed by atoms with van der Waals surface area (Å²) in [5, 5.41) is 4.81. The zero-order valence-corrected chi connectivity index (χ0v) is 16.2. The zero-order valence-electron chi connectivity index (χ0n) is 16.2. The Hall–Kier alpha value is -2.61. The number of hydrogen-bond donors (Lipinski definition) is 1. The van der Waals surface area contributed by atoms with Gasteiger partial charge < -0.3 is 0 Å². The Kier molecular flexibility index (Phi) is 5.41. The van der Waals surface area contributed by atoms with Crippen molar-refractivity contribution < 1.29 is 0 Å². The first-order valence-corrected chi connectivity index (χ1v) is 9.28. The molecule has 1 aliphatic carbocycles. The smallest absolute Gasteiger partial charge is 0.0720 e. The maximum absolute atomic E-state index is 4.81. The lowest BCUT2D eigenvalue weighted by molar-refractivity contribution is 0.513. The van der Waals surface area contributed by atoms with Crippen molar-refractivity contribution in [1.82, 2.24) is 0 Å². The molecule has 3 rings (SSSR count). The van der Waals surface area contributed by atoms with Crippen LogP contribution in [0.5, 0.6) is 0 Å². The van der Waals surface area contributed by atoms with Gasteiger partial charge in [-0.2, -0.15) is 5.10 Å². The SMILES string of the molecule is Cc1ccccc1NN=C(CC1=C(C(C)(C)C)C=CC1)c1ccccc1. The average molecular weight is 345 g/mol. The maximum atomic E-state index is 4.81. The van der Waals surface area contributed by atoms with Gasteiger partial charge in [0.2, 0.25) is 0 Å². The van der Waals surface area contributed by atoms with Gasteiger partial charge in [0.05, 0.1) is 11.4 Å². The highest BCUT2D eigenvalue weighted by molar-refractivity contribution is 6.02. The lowest BCUT2D eigenvalue weighted by atomic mass is 9.83. The van der Waals surface area contributed by atoms with Crippen LogP contribution >= 0.6 is 0 Å². The first kappa shape index (κ1) is 18.2. The normalized spacial score (nSPS) is 14.8. The minimum absolute atomic E-state index is 0.160. The van der Waals surface area contributed by atoms with Crippen LogP contribution in [-0.2, 0) is 0 Å². The molecule has 26 heavy (non-hydrogen) atoms. The fourth-order valence-electron chi connectivity index (χ4n) is 3.36. The summed E-state index contributed by atoms with van der Waals surface area (Å²) in [4.78, 5) is 0. The van der Waals surface area contributed by atoms with Crippen LogP contribution in [0, 0.1) is 12.3 Å². The van der Waals surface area contributed by atoms with Gasteiger partial charge in [-0.1, -0.05) is 87.0 Å². The predicted octanol–water partition coefficient (Wildman–Crippen LogP) is 6.50. The van der Waals surface area contributed by atoms with E-state index in [1.807, 2.05) is 18.2 Å². The van der Waals surface area contributed by atoms with Crippen LogP contribution in [0.15, 0.2) is 83.0 Å². The molecule has 0 spiro atoms. The van der Waals surface area contributed by atoms with E-state index in [2.05, 4.69) is 81.7 Å². The number of allylic oxidation sites excluding steroid dienone is 4. The molecular formula is C24H28N2. The highest BCUT2D eigenvalue weighted by Gasteiger charge is 2.22. The van der Waals surface area contributed by atoms with Crippen molar-refractivity contribution in [1.29, 1.82) is 0 Å². The van der Waals surface area contributed by atoms with E-state index in [9.17, 15) is 0 Å². The third-order valence-electron chi connectivity index (χ3n) is 4.78. The number of hydrogen-bond acceptors (Lipinski definition) is 2. The Balaban J connectivity index is 1.93. The van der Waals surface area contributed by atoms with E-state index in [0.29, 0.717) is 0 Å². The molecule has 0 atom stereocenters. The van der Waals surface area contributed by atoms with Gasteiger partial charge in [0.1, 0.15) is 0 Å². The van der Waals surface area contributed by atoms with Crippen LogP contribution in [0.3, 0.4) is 0 Å². The summed E-state index contributed by atoms with van der Waals surface area (Å²) in [6, 6.07) is 18.7. The van der Waals surface area contributed by atoms with Crippen molar-refractivity contribution >= 4 is 11.4 Å². The summed E-state index contributed by atoms with van der Waals surface area (Å²) >= 11 is 0.